The second-order valence-corrected chi connectivity index (χ2v) is 6.19. The largest absolute Gasteiger partial charge is 0.299 e. The number of rotatable bonds is 5. The molecule has 96 valence electrons. The maximum Gasteiger partial charge on any atom is 0.105 e. The van der Waals surface area contributed by atoms with E-state index in [-0.39, 0.29) is 6.04 Å². The fourth-order valence-corrected chi connectivity index (χ4v) is 3.26. The minimum Gasteiger partial charge on any atom is -0.299 e. The zero-order chi connectivity index (χ0) is 13.0. The van der Waals surface area contributed by atoms with Gasteiger partial charge in [0, 0.05) is 16.7 Å². The molecule has 1 aromatic carbocycles. The van der Waals surface area contributed by atoms with E-state index in [1.807, 2.05) is 0 Å². The molecule has 1 aliphatic carbocycles. The van der Waals surface area contributed by atoms with Gasteiger partial charge in [0.25, 0.3) is 0 Å². The molecule has 0 bridgehead atoms. The smallest absolute Gasteiger partial charge is 0.105 e. The standard InChI is InChI=1S/C15H20N2S/c1-11(2)17-14(9-16)10-18-15-7-6-12-4-3-5-13(12)8-15/h6-8,11,14,17H,3-5,10H2,1-2H3. The van der Waals surface area contributed by atoms with Gasteiger partial charge in [-0.3, -0.25) is 5.32 Å². The average molecular weight is 260 g/mol. The van der Waals surface area contributed by atoms with E-state index in [4.69, 9.17) is 5.26 Å². The highest BCUT2D eigenvalue weighted by atomic mass is 32.2. The van der Waals surface area contributed by atoms with Crippen molar-refractivity contribution >= 4 is 11.8 Å². The van der Waals surface area contributed by atoms with Crippen LogP contribution in [0.5, 0.6) is 0 Å². The van der Waals surface area contributed by atoms with Gasteiger partial charge in [-0.1, -0.05) is 6.07 Å². The molecule has 0 saturated heterocycles. The molecule has 0 spiro atoms. The molecule has 18 heavy (non-hydrogen) atoms. The Morgan fingerprint density at radius 3 is 2.83 bits per heavy atom. The minimum absolute atomic E-state index is 0.0664. The number of nitrogens with one attached hydrogen (secondary N) is 1. The van der Waals surface area contributed by atoms with Crippen molar-refractivity contribution in [1.29, 1.82) is 5.26 Å². The van der Waals surface area contributed by atoms with E-state index >= 15 is 0 Å². The predicted molar refractivity (Wildman–Crippen MR) is 76.9 cm³/mol. The quantitative estimate of drug-likeness (QED) is 0.826. The monoisotopic (exact) mass is 260 g/mol. The molecule has 0 radical (unpaired) electrons. The molecular weight excluding hydrogens is 240 g/mol. The average Bonchev–Trinajstić information content (AvgIpc) is 2.81. The molecule has 0 heterocycles. The number of fused-ring (bicyclic) bond motifs is 1. The minimum atomic E-state index is -0.0664. The number of nitriles is 1. The van der Waals surface area contributed by atoms with Crippen LogP contribution < -0.4 is 5.32 Å². The summed E-state index contributed by atoms with van der Waals surface area (Å²) in [6.45, 7) is 4.15. The van der Waals surface area contributed by atoms with Crippen molar-refractivity contribution in [3.8, 4) is 6.07 Å². The third kappa shape index (κ3) is 3.51. The van der Waals surface area contributed by atoms with Crippen molar-refractivity contribution in [2.75, 3.05) is 5.75 Å². The summed E-state index contributed by atoms with van der Waals surface area (Å²) in [5.41, 5.74) is 3.02. The summed E-state index contributed by atoms with van der Waals surface area (Å²) >= 11 is 1.78. The number of thioether (sulfide) groups is 1. The van der Waals surface area contributed by atoms with Crippen LogP contribution in [0, 0.1) is 11.3 Å². The first kappa shape index (κ1) is 13.5. The summed E-state index contributed by atoms with van der Waals surface area (Å²) in [6, 6.07) is 9.36. The lowest BCUT2D eigenvalue weighted by Gasteiger charge is -2.14. The van der Waals surface area contributed by atoms with E-state index in [1.165, 1.54) is 35.3 Å². The van der Waals surface area contributed by atoms with Crippen molar-refractivity contribution in [1.82, 2.24) is 5.32 Å². The topological polar surface area (TPSA) is 35.8 Å². The molecule has 1 unspecified atom stereocenters. The van der Waals surface area contributed by atoms with Crippen LogP contribution >= 0.6 is 11.8 Å². The molecule has 2 rings (SSSR count). The van der Waals surface area contributed by atoms with Gasteiger partial charge in [0.2, 0.25) is 0 Å². The van der Waals surface area contributed by atoms with Crippen molar-refractivity contribution in [2.45, 2.75) is 50.1 Å². The van der Waals surface area contributed by atoms with E-state index < -0.39 is 0 Å². The highest BCUT2D eigenvalue weighted by Gasteiger charge is 2.13. The highest BCUT2D eigenvalue weighted by Crippen LogP contribution is 2.27. The summed E-state index contributed by atoms with van der Waals surface area (Å²) in [7, 11) is 0. The van der Waals surface area contributed by atoms with Gasteiger partial charge in [0.1, 0.15) is 6.04 Å². The van der Waals surface area contributed by atoms with Gasteiger partial charge in [-0.05, 0) is 56.4 Å². The fraction of sp³-hybridized carbons (Fsp3) is 0.533. The second kappa shape index (κ2) is 6.26. The Morgan fingerprint density at radius 1 is 1.33 bits per heavy atom. The maximum atomic E-state index is 9.08. The molecule has 2 nitrogen and oxygen atoms in total. The number of hydrogen-bond acceptors (Lipinski definition) is 3. The maximum absolute atomic E-state index is 9.08. The van der Waals surface area contributed by atoms with Gasteiger partial charge in [0.15, 0.2) is 0 Å². The van der Waals surface area contributed by atoms with E-state index in [0.717, 1.165) is 5.75 Å². The summed E-state index contributed by atoms with van der Waals surface area (Å²) in [5.74, 6) is 0.813. The molecular formula is C15H20N2S. The van der Waals surface area contributed by atoms with Gasteiger partial charge < -0.3 is 0 Å². The van der Waals surface area contributed by atoms with Crippen molar-refractivity contribution in [3.05, 3.63) is 29.3 Å². The normalized spacial score (nSPS) is 15.4. The molecule has 0 saturated carbocycles. The Kier molecular flexibility index (Phi) is 4.68. The van der Waals surface area contributed by atoms with Crippen LogP contribution in [0.25, 0.3) is 0 Å². The van der Waals surface area contributed by atoms with Crippen molar-refractivity contribution in [2.24, 2.45) is 0 Å². The third-order valence-corrected chi connectivity index (χ3v) is 4.26. The van der Waals surface area contributed by atoms with Crippen molar-refractivity contribution < 1.29 is 0 Å². The Hall–Kier alpha value is -0.980. The summed E-state index contributed by atoms with van der Waals surface area (Å²) in [6.07, 6.45) is 3.74. The van der Waals surface area contributed by atoms with Gasteiger partial charge in [-0.2, -0.15) is 5.26 Å². The predicted octanol–water partition coefficient (Wildman–Crippen LogP) is 3.16. The number of hydrogen-bond donors (Lipinski definition) is 1. The van der Waals surface area contributed by atoms with Gasteiger partial charge >= 0.3 is 0 Å². The summed E-state index contributed by atoms with van der Waals surface area (Å²) in [5, 5.41) is 12.4. The van der Waals surface area contributed by atoms with Crippen LogP contribution in [0.2, 0.25) is 0 Å². The lowest BCUT2D eigenvalue weighted by Crippen LogP contribution is -2.35. The molecule has 1 N–H and O–H groups in total. The first-order valence-corrected chi connectivity index (χ1v) is 7.58. The first-order chi connectivity index (χ1) is 8.69. The Labute approximate surface area is 114 Å². The van der Waals surface area contributed by atoms with Crippen molar-refractivity contribution in [3.63, 3.8) is 0 Å². The third-order valence-electron chi connectivity index (χ3n) is 3.18. The Balaban J connectivity index is 1.92. The summed E-state index contributed by atoms with van der Waals surface area (Å²) < 4.78 is 0. The lowest BCUT2D eigenvalue weighted by molar-refractivity contribution is 0.560. The van der Waals surface area contributed by atoms with Crippen LogP contribution in [-0.2, 0) is 12.8 Å². The van der Waals surface area contributed by atoms with Crippen LogP contribution in [0.15, 0.2) is 23.1 Å². The van der Waals surface area contributed by atoms with E-state index in [0.29, 0.717) is 6.04 Å². The molecule has 1 atom stereocenters. The van der Waals surface area contributed by atoms with E-state index in [9.17, 15) is 0 Å². The number of benzene rings is 1. The highest BCUT2D eigenvalue weighted by molar-refractivity contribution is 7.99. The SMILES string of the molecule is CC(C)NC(C#N)CSc1ccc2c(c1)CCC2. The Bertz CT molecular complexity index is 448. The van der Waals surface area contributed by atoms with E-state index in [1.54, 1.807) is 11.8 Å². The second-order valence-electron chi connectivity index (χ2n) is 5.10. The van der Waals surface area contributed by atoms with Crippen LogP contribution in [0.3, 0.4) is 0 Å². The van der Waals surface area contributed by atoms with Gasteiger partial charge in [0.05, 0.1) is 6.07 Å². The summed E-state index contributed by atoms with van der Waals surface area (Å²) in [4.78, 5) is 1.29. The number of nitrogens with zero attached hydrogens (tertiary/aromatic N) is 1. The van der Waals surface area contributed by atoms with Crippen LogP contribution in [0.1, 0.15) is 31.4 Å². The number of aryl methyl sites for hydroxylation is 2. The first-order valence-electron chi connectivity index (χ1n) is 6.59. The molecule has 0 fully saturated rings. The molecule has 1 aliphatic rings. The van der Waals surface area contributed by atoms with Gasteiger partial charge in [-0.15, -0.1) is 11.8 Å². The van der Waals surface area contributed by atoms with Gasteiger partial charge in [-0.25, -0.2) is 0 Å². The molecule has 0 amide bonds. The van der Waals surface area contributed by atoms with Crippen LogP contribution in [0.4, 0.5) is 0 Å². The molecule has 1 aromatic rings. The molecule has 0 aliphatic heterocycles. The zero-order valence-electron chi connectivity index (χ0n) is 11.1. The molecule has 0 aromatic heterocycles. The zero-order valence-corrected chi connectivity index (χ0v) is 11.9. The van der Waals surface area contributed by atoms with E-state index in [2.05, 4.69) is 43.4 Å². The van der Waals surface area contributed by atoms with Crippen LogP contribution in [-0.4, -0.2) is 17.8 Å². The lowest BCUT2D eigenvalue weighted by atomic mass is 10.1. The fourth-order valence-electron chi connectivity index (χ4n) is 2.34. The molecule has 3 heteroatoms. The Morgan fingerprint density at radius 2 is 2.11 bits per heavy atom.